The highest BCUT2D eigenvalue weighted by molar-refractivity contribution is 7.98. The largest absolute Gasteiger partial charge is 0.304 e. The molecule has 0 saturated heterocycles. The summed E-state index contributed by atoms with van der Waals surface area (Å²) in [4.78, 5) is 5.88. The molecule has 0 fully saturated rings. The molecule has 0 aliphatic rings. The fraction of sp³-hybridized carbons (Fsp3) is 0.200. The number of thioether (sulfide) groups is 1. The van der Waals surface area contributed by atoms with E-state index < -0.39 is 0 Å². The standard InChI is InChI=1S/C15H14N6S2/c1-11-4-2-6-14-16-12(8-20(11)14)10-23-15-17-18-19-21(15)9-13-5-3-7-22-13/h2-8H,9-10H2,1H3. The van der Waals surface area contributed by atoms with Crippen molar-refractivity contribution in [3.05, 3.63) is 58.2 Å². The summed E-state index contributed by atoms with van der Waals surface area (Å²) < 4.78 is 3.93. The minimum atomic E-state index is 0.706. The Balaban J connectivity index is 1.50. The number of imidazole rings is 1. The van der Waals surface area contributed by atoms with Gasteiger partial charge in [0, 0.05) is 22.5 Å². The van der Waals surface area contributed by atoms with Crippen LogP contribution in [0.25, 0.3) is 5.65 Å². The Hall–Kier alpha value is -2.19. The minimum absolute atomic E-state index is 0.706. The summed E-state index contributed by atoms with van der Waals surface area (Å²) in [5.41, 5.74) is 3.17. The molecular formula is C15H14N6S2. The Bertz CT molecular complexity index is 925. The van der Waals surface area contributed by atoms with Gasteiger partial charge in [-0.1, -0.05) is 23.9 Å². The van der Waals surface area contributed by atoms with Gasteiger partial charge in [0.1, 0.15) is 5.65 Å². The quantitative estimate of drug-likeness (QED) is 0.522. The zero-order valence-corrected chi connectivity index (χ0v) is 14.1. The lowest BCUT2D eigenvalue weighted by molar-refractivity contribution is 0.608. The molecule has 0 aliphatic heterocycles. The smallest absolute Gasteiger partial charge is 0.210 e. The molecule has 0 unspecified atom stereocenters. The van der Waals surface area contributed by atoms with Crippen molar-refractivity contribution in [3.8, 4) is 0 Å². The van der Waals surface area contributed by atoms with Crippen LogP contribution in [-0.4, -0.2) is 29.6 Å². The number of rotatable bonds is 5. The number of thiophene rings is 1. The van der Waals surface area contributed by atoms with Gasteiger partial charge in [0.15, 0.2) is 0 Å². The van der Waals surface area contributed by atoms with Crippen LogP contribution in [-0.2, 0) is 12.3 Å². The monoisotopic (exact) mass is 342 g/mol. The first-order chi connectivity index (χ1) is 11.3. The van der Waals surface area contributed by atoms with Crippen LogP contribution in [0.1, 0.15) is 16.3 Å². The highest BCUT2D eigenvalue weighted by atomic mass is 32.2. The number of aromatic nitrogens is 6. The fourth-order valence-electron chi connectivity index (χ4n) is 2.36. The van der Waals surface area contributed by atoms with E-state index >= 15 is 0 Å². The van der Waals surface area contributed by atoms with Crippen molar-refractivity contribution in [2.45, 2.75) is 24.4 Å². The molecule has 0 radical (unpaired) electrons. The van der Waals surface area contributed by atoms with Gasteiger partial charge in [0.05, 0.1) is 12.2 Å². The van der Waals surface area contributed by atoms with Gasteiger partial charge in [-0.25, -0.2) is 9.67 Å². The van der Waals surface area contributed by atoms with Crippen molar-refractivity contribution in [1.82, 2.24) is 29.6 Å². The zero-order valence-electron chi connectivity index (χ0n) is 12.5. The van der Waals surface area contributed by atoms with Crippen LogP contribution >= 0.6 is 23.1 Å². The second kappa shape index (κ2) is 6.13. The summed E-state index contributed by atoms with van der Waals surface area (Å²) in [6.07, 6.45) is 2.07. The van der Waals surface area contributed by atoms with E-state index in [0.29, 0.717) is 6.54 Å². The van der Waals surface area contributed by atoms with Gasteiger partial charge in [-0.15, -0.1) is 16.4 Å². The molecule has 8 heteroatoms. The highest BCUT2D eigenvalue weighted by Crippen LogP contribution is 2.21. The maximum absolute atomic E-state index is 4.64. The van der Waals surface area contributed by atoms with Gasteiger partial charge in [0.2, 0.25) is 5.16 Å². The third-order valence-electron chi connectivity index (χ3n) is 3.48. The van der Waals surface area contributed by atoms with Crippen LogP contribution in [0.3, 0.4) is 0 Å². The van der Waals surface area contributed by atoms with Gasteiger partial charge < -0.3 is 4.40 Å². The maximum atomic E-state index is 4.64. The summed E-state index contributed by atoms with van der Waals surface area (Å²) in [5, 5.41) is 14.9. The van der Waals surface area contributed by atoms with Crippen LogP contribution in [0.5, 0.6) is 0 Å². The zero-order chi connectivity index (χ0) is 15.6. The van der Waals surface area contributed by atoms with Gasteiger partial charge >= 0.3 is 0 Å². The van der Waals surface area contributed by atoms with Crippen molar-refractivity contribution in [2.24, 2.45) is 0 Å². The maximum Gasteiger partial charge on any atom is 0.210 e. The van der Waals surface area contributed by atoms with E-state index in [0.717, 1.165) is 22.3 Å². The Kier molecular flexibility index (Phi) is 3.84. The van der Waals surface area contributed by atoms with E-state index in [9.17, 15) is 0 Å². The summed E-state index contributed by atoms with van der Waals surface area (Å²) >= 11 is 3.31. The summed E-state index contributed by atoms with van der Waals surface area (Å²) in [6, 6.07) is 10.2. The van der Waals surface area contributed by atoms with E-state index in [1.165, 1.54) is 10.6 Å². The number of fused-ring (bicyclic) bond motifs is 1. The Morgan fingerprint density at radius 2 is 2.17 bits per heavy atom. The molecule has 4 rings (SSSR count). The first-order valence-electron chi connectivity index (χ1n) is 7.14. The SMILES string of the molecule is Cc1cccc2nc(CSc3nnnn3Cc3cccs3)cn12. The number of hydrogen-bond acceptors (Lipinski definition) is 6. The lowest BCUT2D eigenvalue weighted by Crippen LogP contribution is -2.02. The lowest BCUT2D eigenvalue weighted by atomic mass is 10.4. The second-order valence-corrected chi connectivity index (χ2v) is 7.09. The van der Waals surface area contributed by atoms with Gasteiger partial charge in [-0.3, -0.25) is 0 Å². The van der Waals surface area contributed by atoms with Gasteiger partial charge in [-0.2, -0.15) is 0 Å². The van der Waals surface area contributed by atoms with E-state index in [4.69, 9.17) is 0 Å². The predicted octanol–water partition coefficient (Wildman–Crippen LogP) is 3.03. The van der Waals surface area contributed by atoms with Crippen molar-refractivity contribution in [2.75, 3.05) is 0 Å². The average Bonchev–Trinajstić information content (AvgIpc) is 3.26. The fourth-order valence-corrected chi connectivity index (χ4v) is 3.80. The molecule has 23 heavy (non-hydrogen) atoms. The summed E-state index contributed by atoms with van der Waals surface area (Å²) in [6.45, 7) is 2.78. The Morgan fingerprint density at radius 3 is 3.00 bits per heavy atom. The summed E-state index contributed by atoms with van der Waals surface area (Å²) in [5.74, 6) is 0.742. The van der Waals surface area contributed by atoms with Crippen molar-refractivity contribution < 1.29 is 0 Å². The number of pyridine rings is 1. The van der Waals surface area contributed by atoms with Crippen LogP contribution in [0.15, 0.2) is 47.1 Å². The van der Waals surface area contributed by atoms with Crippen LogP contribution in [0.2, 0.25) is 0 Å². The molecule has 0 amide bonds. The number of aryl methyl sites for hydroxylation is 1. The minimum Gasteiger partial charge on any atom is -0.304 e. The van der Waals surface area contributed by atoms with Crippen molar-refractivity contribution in [1.29, 1.82) is 0 Å². The van der Waals surface area contributed by atoms with Crippen molar-refractivity contribution in [3.63, 3.8) is 0 Å². The first kappa shape index (κ1) is 14.4. The van der Waals surface area contributed by atoms with Crippen LogP contribution in [0.4, 0.5) is 0 Å². The normalized spacial score (nSPS) is 11.3. The topological polar surface area (TPSA) is 60.9 Å². The van der Waals surface area contributed by atoms with E-state index in [2.05, 4.69) is 55.5 Å². The molecule has 0 N–H and O–H groups in total. The predicted molar refractivity (Wildman–Crippen MR) is 90.7 cm³/mol. The first-order valence-corrected chi connectivity index (χ1v) is 9.01. The van der Waals surface area contributed by atoms with Crippen molar-refractivity contribution >= 4 is 28.7 Å². The van der Waals surface area contributed by atoms with Gasteiger partial charge in [0.25, 0.3) is 0 Å². The molecule has 4 aromatic heterocycles. The van der Waals surface area contributed by atoms with Gasteiger partial charge in [-0.05, 0) is 40.9 Å². The highest BCUT2D eigenvalue weighted by Gasteiger charge is 2.10. The molecule has 0 aromatic carbocycles. The van der Waals surface area contributed by atoms with E-state index in [-0.39, 0.29) is 0 Å². The third-order valence-corrected chi connectivity index (χ3v) is 5.33. The average molecular weight is 342 g/mol. The second-order valence-electron chi connectivity index (χ2n) is 5.11. The van der Waals surface area contributed by atoms with Crippen LogP contribution < -0.4 is 0 Å². The number of hydrogen-bond donors (Lipinski definition) is 0. The number of nitrogens with zero attached hydrogens (tertiary/aromatic N) is 6. The molecule has 0 aliphatic carbocycles. The molecule has 4 heterocycles. The summed E-state index contributed by atoms with van der Waals surface area (Å²) in [7, 11) is 0. The van der Waals surface area contributed by atoms with E-state index in [1.54, 1.807) is 23.1 Å². The molecule has 0 bridgehead atoms. The molecule has 4 aromatic rings. The Morgan fingerprint density at radius 1 is 1.22 bits per heavy atom. The number of tetrazole rings is 1. The van der Waals surface area contributed by atoms with Crippen LogP contribution in [0, 0.1) is 6.92 Å². The Labute approximate surface area is 141 Å². The van der Waals surface area contributed by atoms with E-state index in [1.807, 2.05) is 22.9 Å². The molecule has 0 saturated carbocycles. The molecule has 6 nitrogen and oxygen atoms in total. The lowest BCUT2D eigenvalue weighted by Gasteiger charge is -2.01. The molecule has 116 valence electrons. The molecule has 0 spiro atoms. The third kappa shape index (κ3) is 2.99. The molecule has 0 atom stereocenters. The molecular weight excluding hydrogens is 328 g/mol.